The summed E-state index contributed by atoms with van der Waals surface area (Å²) in [4.78, 5) is 12.4. The van der Waals surface area contributed by atoms with Crippen LogP contribution in [0.4, 0.5) is 5.82 Å². The molecular weight excluding hydrogens is 378 g/mol. The third-order valence-electron chi connectivity index (χ3n) is 4.34. The van der Waals surface area contributed by atoms with E-state index in [0.717, 1.165) is 11.1 Å². The average molecular weight is 400 g/mol. The van der Waals surface area contributed by atoms with Crippen molar-refractivity contribution in [1.29, 1.82) is 0 Å². The zero-order valence-corrected chi connectivity index (χ0v) is 16.6. The molecule has 0 unspecified atom stereocenters. The Morgan fingerprint density at radius 1 is 1.11 bits per heavy atom. The third-order valence-corrected chi connectivity index (χ3v) is 4.59. The summed E-state index contributed by atoms with van der Waals surface area (Å²) in [6.45, 7) is 0.445. The number of hydrogen-bond acceptors (Lipinski definition) is 4. The van der Waals surface area contributed by atoms with E-state index in [1.54, 1.807) is 31.2 Å². The first-order valence-electron chi connectivity index (χ1n) is 8.86. The van der Waals surface area contributed by atoms with Gasteiger partial charge in [-0.15, -0.1) is 0 Å². The van der Waals surface area contributed by atoms with Crippen molar-refractivity contribution in [3.8, 4) is 11.5 Å². The highest BCUT2D eigenvalue weighted by Crippen LogP contribution is 2.31. The summed E-state index contributed by atoms with van der Waals surface area (Å²) in [6, 6.07) is 14.9. The van der Waals surface area contributed by atoms with Crippen molar-refractivity contribution in [2.24, 2.45) is 0 Å². The average Bonchev–Trinajstić information content (AvgIpc) is 3.13. The number of aryl methyl sites for hydroxylation is 1. The molecule has 0 spiro atoms. The van der Waals surface area contributed by atoms with Gasteiger partial charge in [0.25, 0.3) is 0 Å². The minimum Gasteiger partial charge on any atom is -0.493 e. The number of carbonyl (C=O) groups is 1. The van der Waals surface area contributed by atoms with Gasteiger partial charge in [0.2, 0.25) is 5.91 Å². The van der Waals surface area contributed by atoms with E-state index in [1.807, 2.05) is 42.5 Å². The maximum atomic E-state index is 12.4. The Labute approximate surface area is 169 Å². The summed E-state index contributed by atoms with van der Waals surface area (Å²) >= 11 is 5.89. The molecule has 2 aromatic carbocycles. The van der Waals surface area contributed by atoms with Crippen LogP contribution in [0.15, 0.2) is 54.7 Å². The summed E-state index contributed by atoms with van der Waals surface area (Å²) in [6.07, 6.45) is 2.66. The minimum absolute atomic E-state index is 0.0747. The zero-order chi connectivity index (χ0) is 19.9. The Bertz CT molecular complexity index is 938. The second-order valence-corrected chi connectivity index (χ2v) is 6.64. The van der Waals surface area contributed by atoms with Crippen LogP contribution >= 0.6 is 11.6 Å². The van der Waals surface area contributed by atoms with E-state index in [1.165, 1.54) is 0 Å². The molecule has 0 aliphatic heterocycles. The Hall–Kier alpha value is -2.99. The number of rotatable bonds is 8. The lowest BCUT2D eigenvalue weighted by Crippen LogP contribution is -2.16. The van der Waals surface area contributed by atoms with Crippen LogP contribution in [0.5, 0.6) is 11.5 Å². The van der Waals surface area contributed by atoms with Crippen LogP contribution in [0.3, 0.4) is 0 Å². The number of ether oxygens (including phenoxy) is 2. The van der Waals surface area contributed by atoms with Crippen LogP contribution < -0.4 is 14.8 Å². The largest absolute Gasteiger partial charge is 0.493 e. The van der Waals surface area contributed by atoms with Gasteiger partial charge in [0, 0.05) is 23.1 Å². The molecule has 3 rings (SSSR count). The van der Waals surface area contributed by atoms with Gasteiger partial charge in [-0.2, -0.15) is 5.10 Å². The van der Waals surface area contributed by atoms with Crippen LogP contribution in [0.1, 0.15) is 17.5 Å². The number of halogens is 1. The smallest absolute Gasteiger partial charge is 0.225 e. The normalized spacial score (nSPS) is 10.5. The number of nitrogens with zero attached hydrogens (tertiary/aromatic N) is 2. The van der Waals surface area contributed by atoms with Crippen molar-refractivity contribution in [2.75, 3.05) is 19.5 Å². The van der Waals surface area contributed by atoms with Gasteiger partial charge in [-0.05, 0) is 30.2 Å². The van der Waals surface area contributed by atoms with Gasteiger partial charge < -0.3 is 14.8 Å². The highest BCUT2D eigenvalue weighted by Gasteiger charge is 2.13. The Morgan fingerprint density at radius 3 is 2.61 bits per heavy atom. The SMILES string of the molecule is COc1cccc(Cn2nccc2NC(=O)CCc2ccc(Cl)cc2)c1OC. The molecule has 0 saturated heterocycles. The Kier molecular flexibility index (Phi) is 6.55. The fraction of sp³-hybridized carbons (Fsp3) is 0.238. The number of nitrogens with one attached hydrogen (secondary N) is 1. The van der Waals surface area contributed by atoms with E-state index >= 15 is 0 Å². The number of hydrogen-bond donors (Lipinski definition) is 1. The van der Waals surface area contributed by atoms with Crippen LogP contribution in [0, 0.1) is 0 Å². The van der Waals surface area contributed by atoms with E-state index in [0.29, 0.717) is 41.7 Å². The highest BCUT2D eigenvalue weighted by molar-refractivity contribution is 6.30. The van der Waals surface area contributed by atoms with Gasteiger partial charge in [0.15, 0.2) is 11.5 Å². The van der Waals surface area contributed by atoms with E-state index in [4.69, 9.17) is 21.1 Å². The first-order chi connectivity index (χ1) is 13.6. The topological polar surface area (TPSA) is 65.4 Å². The van der Waals surface area contributed by atoms with Crippen molar-refractivity contribution >= 4 is 23.3 Å². The standard InChI is InChI=1S/C21H22ClN3O3/c1-27-18-5-3-4-16(21(18)28-2)14-25-19(12-13-23-25)24-20(26)11-8-15-6-9-17(22)10-7-15/h3-7,9-10,12-13H,8,11,14H2,1-2H3,(H,24,26). The van der Waals surface area contributed by atoms with Gasteiger partial charge >= 0.3 is 0 Å². The van der Waals surface area contributed by atoms with Crippen LogP contribution in [0.25, 0.3) is 0 Å². The number of amides is 1. The summed E-state index contributed by atoms with van der Waals surface area (Å²) < 4.78 is 12.5. The van der Waals surface area contributed by atoms with Crippen molar-refractivity contribution in [2.45, 2.75) is 19.4 Å². The molecule has 0 atom stereocenters. The number of para-hydroxylation sites is 1. The van der Waals surface area contributed by atoms with E-state index in [-0.39, 0.29) is 5.91 Å². The van der Waals surface area contributed by atoms with Crippen molar-refractivity contribution < 1.29 is 14.3 Å². The summed E-state index contributed by atoms with van der Waals surface area (Å²) in [5, 5.41) is 7.92. The second kappa shape index (κ2) is 9.28. The fourth-order valence-corrected chi connectivity index (χ4v) is 3.04. The number of benzene rings is 2. The second-order valence-electron chi connectivity index (χ2n) is 6.20. The lowest BCUT2D eigenvalue weighted by atomic mass is 10.1. The van der Waals surface area contributed by atoms with Crippen molar-refractivity contribution in [3.63, 3.8) is 0 Å². The maximum absolute atomic E-state index is 12.4. The molecule has 7 heteroatoms. The van der Waals surface area contributed by atoms with Gasteiger partial charge in [0.05, 0.1) is 27.0 Å². The highest BCUT2D eigenvalue weighted by atomic mass is 35.5. The lowest BCUT2D eigenvalue weighted by molar-refractivity contribution is -0.116. The van der Waals surface area contributed by atoms with Crippen LogP contribution in [-0.2, 0) is 17.8 Å². The molecule has 3 aromatic rings. The molecule has 0 saturated carbocycles. The zero-order valence-electron chi connectivity index (χ0n) is 15.8. The van der Waals surface area contributed by atoms with Crippen LogP contribution in [-0.4, -0.2) is 29.9 Å². The molecule has 6 nitrogen and oxygen atoms in total. The van der Waals surface area contributed by atoms with Gasteiger partial charge in [-0.25, -0.2) is 4.68 Å². The van der Waals surface area contributed by atoms with Gasteiger partial charge in [-0.3, -0.25) is 4.79 Å². The summed E-state index contributed by atoms with van der Waals surface area (Å²) in [5.74, 6) is 1.86. The summed E-state index contributed by atoms with van der Waals surface area (Å²) in [5.41, 5.74) is 1.97. The quantitative estimate of drug-likeness (QED) is 0.617. The molecular formula is C21H22ClN3O3. The molecule has 1 heterocycles. The summed E-state index contributed by atoms with van der Waals surface area (Å²) in [7, 11) is 3.20. The number of anilines is 1. The molecule has 146 valence electrons. The molecule has 1 aromatic heterocycles. The Morgan fingerprint density at radius 2 is 1.89 bits per heavy atom. The molecule has 0 bridgehead atoms. The maximum Gasteiger partial charge on any atom is 0.225 e. The van der Waals surface area contributed by atoms with E-state index < -0.39 is 0 Å². The van der Waals surface area contributed by atoms with Crippen LogP contribution in [0.2, 0.25) is 5.02 Å². The number of methoxy groups -OCH3 is 2. The predicted octanol–water partition coefficient (Wildman–Crippen LogP) is 4.17. The van der Waals surface area contributed by atoms with Gasteiger partial charge in [0.1, 0.15) is 5.82 Å². The molecule has 0 fully saturated rings. The third kappa shape index (κ3) is 4.84. The van der Waals surface area contributed by atoms with Gasteiger partial charge in [-0.1, -0.05) is 35.9 Å². The Balaban J connectivity index is 1.65. The van der Waals surface area contributed by atoms with Crippen molar-refractivity contribution in [3.05, 3.63) is 70.9 Å². The molecule has 1 N–H and O–H groups in total. The van der Waals surface area contributed by atoms with Crippen molar-refractivity contribution in [1.82, 2.24) is 9.78 Å². The lowest BCUT2D eigenvalue weighted by Gasteiger charge is -2.14. The first kappa shape index (κ1) is 19.8. The molecule has 0 aliphatic carbocycles. The fourth-order valence-electron chi connectivity index (χ4n) is 2.92. The molecule has 1 amide bonds. The predicted molar refractivity (Wildman–Crippen MR) is 109 cm³/mol. The molecule has 0 aliphatic rings. The monoisotopic (exact) mass is 399 g/mol. The number of carbonyl (C=O) groups excluding carboxylic acids is 1. The van der Waals surface area contributed by atoms with E-state index in [9.17, 15) is 4.79 Å². The first-order valence-corrected chi connectivity index (χ1v) is 9.24. The minimum atomic E-state index is -0.0747. The number of aromatic nitrogens is 2. The van der Waals surface area contributed by atoms with E-state index in [2.05, 4.69) is 10.4 Å². The molecule has 0 radical (unpaired) electrons. The molecule has 28 heavy (non-hydrogen) atoms.